The monoisotopic (exact) mass is 330 g/mol. The Morgan fingerprint density at radius 3 is 2.71 bits per heavy atom. The van der Waals surface area contributed by atoms with Crippen molar-refractivity contribution in [2.24, 2.45) is 0 Å². The van der Waals surface area contributed by atoms with Gasteiger partial charge in [0.2, 0.25) is 0 Å². The number of imidazole rings is 1. The van der Waals surface area contributed by atoms with Crippen LogP contribution in [0.5, 0.6) is 5.75 Å². The minimum Gasteiger partial charge on any atom is -0.434 e. The Bertz CT molecular complexity index is 820. The van der Waals surface area contributed by atoms with Gasteiger partial charge in [0.25, 0.3) is 5.91 Å². The summed E-state index contributed by atoms with van der Waals surface area (Å²) in [5.74, 6) is -0.122. The number of hydrogen-bond acceptors (Lipinski definition) is 4. The Morgan fingerprint density at radius 2 is 2.04 bits per heavy atom. The van der Waals surface area contributed by atoms with E-state index in [1.54, 1.807) is 41.5 Å². The van der Waals surface area contributed by atoms with Gasteiger partial charge in [-0.25, -0.2) is 9.97 Å². The SMILES string of the molecule is O=C(Nc1ccc(-n2ccnc2)nc1)c1ccccc1OC(F)F. The third kappa shape index (κ3) is 3.54. The van der Waals surface area contributed by atoms with Crippen molar-refractivity contribution in [2.45, 2.75) is 6.61 Å². The highest BCUT2D eigenvalue weighted by Gasteiger charge is 2.15. The van der Waals surface area contributed by atoms with E-state index in [-0.39, 0.29) is 11.3 Å². The van der Waals surface area contributed by atoms with Crippen LogP contribution in [0.25, 0.3) is 5.82 Å². The molecule has 0 bridgehead atoms. The number of pyridine rings is 1. The maximum atomic E-state index is 12.4. The Morgan fingerprint density at radius 1 is 1.21 bits per heavy atom. The highest BCUT2D eigenvalue weighted by molar-refractivity contribution is 6.06. The third-order valence-corrected chi connectivity index (χ3v) is 3.12. The van der Waals surface area contributed by atoms with Gasteiger partial charge >= 0.3 is 6.61 Å². The van der Waals surface area contributed by atoms with Crippen LogP contribution in [0.1, 0.15) is 10.4 Å². The third-order valence-electron chi connectivity index (χ3n) is 3.12. The van der Waals surface area contributed by atoms with Gasteiger partial charge < -0.3 is 10.1 Å². The standard InChI is InChI=1S/C16H12F2N4O2/c17-16(18)24-13-4-2-1-3-12(13)15(23)21-11-5-6-14(20-9-11)22-8-7-19-10-22/h1-10,16H,(H,21,23). The summed E-state index contributed by atoms with van der Waals surface area (Å²) in [5.41, 5.74) is 0.437. The molecule has 0 aliphatic carbocycles. The van der Waals surface area contributed by atoms with Crippen molar-refractivity contribution in [3.8, 4) is 11.6 Å². The molecule has 0 fully saturated rings. The minimum absolute atomic E-state index is 0.0106. The summed E-state index contributed by atoms with van der Waals surface area (Å²) >= 11 is 0. The van der Waals surface area contributed by atoms with Gasteiger partial charge in [0.05, 0.1) is 17.4 Å². The van der Waals surface area contributed by atoms with Gasteiger partial charge in [-0.2, -0.15) is 8.78 Å². The number of rotatable bonds is 5. The fourth-order valence-corrected chi connectivity index (χ4v) is 2.06. The summed E-state index contributed by atoms with van der Waals surface area (Å²) < 4.78 is 30.9. The molecule has 2 heterocycles. The first kappa shape index (κ1) is 15.6. The number of nitrogens with one attached hydrogen (secondary N) is 1. The van der Waals surface area contributed by atoms with Crippen LogP contribution in [-0.4, -0.2) is 27.1 Å². The van der Waals surface area contributed by atoms with Crippen molar-refractivity contribution in [3.63, 3.8) is 0 Å². The predicted molar refractivity (Wildman–Crippen MR) is 82.4 cm³/mol. The number of hydrogen-bond donors (Lipinski definition) is 1. The molecule has 0 atom stereocenters. The summed E-state index contributed by atoms with van der Waals surface area (Å²) in [7, 11) is 0. The topological polar surface area (TPSA) is 69.0 Å². The summed E-state index contributed by atoms with van der Waals surface area (Å²) in [6.07, 6.45) is 6.41. The van der Waals surface area contributed by atoms with E-state index in [0.29, 0.717) is 11.5 Å². The molecular weight excluding hydrogens is 318 g/mol. The van der Waals surface area contributed by atoms with Crippen molar-refractivity contribution < 1.29 is 18.3 Å². The van der Waals surface area contributed by atoms with Gasteiger partial charge in [-0.05, 0) is 24.3 Å². The Labute approximate surface area is 135 Å². The van der Waals surface area contributed by atoms with Crippen molar-refractivity contribution in [1.82, 2.24) is 14.5 Å². The molecule has 1 amide bonds. The average Bonchev–Trinajstić information content (AvgIpc) is 3.10. The van der Waals surface area contributed by atoms with Crippen LogP contribution in [0, 0.1) is 0 Å². The summed E-state index contributed by atoms with van der Waals surface area (Å²) in [6.45, 7) is -3.00. The van der Waals surface area contributed by atoms with Crippen molar-refractivity contribution in [3.05, 3.63) is 66.9 Å². The van der Waals surface area contributed by atoms with Gasteiger partial charge in [0, 0.05) is 12.4 Å². The van der Waals surface area contributed by atoms with E-state index in [1.165, 1.54) is 24.4 Å². The number of para-hydroxylation sites is 1. The number of halogens is 2. The molecule has 1 aromatic carbocycles. The molecule has 0 unspecified atom stereocenters. The maximum absolute atomic E-state index is 12.4. The fourth-order valence-electron chi connectivity index (χ4n) is 2.06. The number of nitrogens with zero attached hydrogens (tertiary/aromatic N) is 3. The molecule has 2 aromatic heterocycles. The lowest BCUT2D eigenvalue weighted by Gasteiger charge is -2.11. The van der Waals surface area contributed by atoms with E-state index in [0.717, 1.165) is 0 Å². The number of carbonyl (C=O) groups excluding carboxylic acids is 1. The summed E-state index contributed by atoms with van der Waals surface area (Å²) in [6, 6.07) is 9.13. The van der Waals surface area contributed by atoms with E-state index in [1.807, 2.05) is 0 Å². The first-order valence-electron chi connectivity index (χ1n) is 6.93. The zero-order valence-corrected chi connectivity index (χ0v) is 12.3. The normalized spacial score (nSPS) is 10.6. The van der Waals surface area contributed by atoms with Crippen LogP contribution in [0.3, 0.4) is 0 Å². The number of benzene rings is 1. The van der Waals surface area contributed by atoms with Crippen LogP contribution >= 0.6 is 0 Å². The number of anilines is 1. The van der Waals surface area contributed by atoms with Crippen molar-refractivity contribution in [2.75, 3.05) is 5.32 Å². The van der Waals surface area contributed by atoms with Crippen LogP contribution in [0.2, 0.25) is 0 Å². The molecule has 0 saturated heterocycles. The number of alkyl halides is 2. The number of aromatic nitrogens is 3. The second-order valence-electron chi connectivity index (χ2n) is 4.70. The van der Waals surface area contributed by atoms with E-state index in [9.17, 15) is 13.6 Å². The van der Waals surface area contributed by atoms with Crippen molar-refractivity contribution in [1.29, 1.82) is 0 Å². The lowest BCUT2D eigenvalue weighted by Crippen LogP contribution is -2.15. The molecular formula is C16H12F2N4O2. The van der Waals surface area contributed by atoms with Gasteiger partial charge in [-0.3, -0.25) is 9.36 Å². The van der Waals surface area contributed by atoms with Gasteiger partial charge in [-0.15, -0.1) is 0 Å². The van der Waals surface area contributed by atoms with Gasteiger partial charge in [0.15, 0.2) is 0 Å². The minimum atomic E-state index is -3.00. The molecule has 0 saturated carbocycles. The molecule has 3 aromatic rings. The molecule has 1 N–H and O–H groups in total. The first-order valence-corrected chi connectivity index (χ1v) is 6.93. The number of ether oxygens (including phenoxy) is 1. The molecule has 8 heteroatoms. The smallest absolute Gasteiger partial charge is 0.387 e. The summed E-state index contributed by atoms with van der Waals surface area (Å²) in [5, 5.41) is 2.59. The number of carbonyl (C=O) groups is 1. The second kappa shape index (κ2) is 6.86. The lowest BCUT2D eigenvalue weighted by atomic mass is 10.2. The second-order valence-corrected chi connectivity index (χ2v) is 4.70. The van der Waals surface area contributed by atoms with Gasteiger partial charge in [0.1, 0.15) is 17.9 Å². The zero-order valence-electron chi connectivity index (χ0n) is 12.3. The first-order chi connectivity index (χ1) is 11.6. The average molecular weight is 330 g/mol. The van der Waals surface area contributed by atoms with Crippen LogP contribution in [0.15, 0.2) is 61.3 Å². The van der Waals surface area contributed by atoms with E-state index in [2.05, 4.69) is 20.0 Å². The Hall–Kier alpha value is -3.29. The Balaban J connectivity index is 1.75. The Kier molecular flexibility index (Phi) is 4.46. The maximum Gasteiger partial charge on any atom is 0.387 e. The van der Waals surface area contributed by atoms with Crippen LogP contribution in [0.4, 0.5) is 14.5 Å². The van der Waals surface area contributed by atoms with E-state index < -0.39 is 12.5 Å². The molecule has 3 rings (SSSR count). The highest BCUT2D eigenvalue weighted by atomic mass is 19.3. The quantitative estimate of drug-likeness (QED) is 0.780. The molecule has 6 nitrogen and oxygen atoms in total. The zero-order chi connectivity index (χ0) is 16.9. The fraction of sp³-hybridized carbons (Fsp3) is 0.0625. The molecule has 24 heavy (non-hydrogen) atoms. The summed E-state index contributed by atoms with van der Waals surface area (Å²) in [4.78, 5) is 20.4. The van der Waals surface area contributed by atoms with Crippen molar-refractivity contribution >= 4 is 11.6 Å². The van der Waals surface area contributed by atoms with E-state index >= 15 is 0 Å². The lowest BCUT2D eigenvalue weighted by molar-refractivity contribution is -0.0501. The highest BCUT2D eigenvalue weighted by Crippen LogP contribution is 2.21. The molecule has 0 aliphatic heterocycles. The molecule has 0 aliphatic rings. The van der Waals surface area contributed by atoms with Gasteiger partial charge in [-0.1, -0.05) is 12.1 Å². The predicted octanol–water partition coefficient (Wildman–Crippen LogP) is 3.12. The molecule has 0 radical (unpaired) electrons. The largest absolute Gasteiger partial charge is 0.434 e. The van der Waals surface area contributed by atoms with E-state index in [4.69, 9.17) is 0 Å². The molecule has 122 valence electrons. The van der Waals surface area contributed by atoms with Crippen LogP contribution in [-0.2, 0) is 0 Å². The molecule has 0 spiro atoms. The van der Waals surface area contributed by atoms with Crippen LogP contribution < -0.4 is 10.1 Å². The number of amides is 1.